The number of nitrogens with one attached hydrogen (secondary N) is 1. The van der Waals surface area contributed by atoms with Gasteiger partial charge in [-0.1, -0.05) is 26.0 Å². The molecule has 0 radical (unpaired) electrons. The largest absolute Gasteiger partial charge is 0.505 e. The number of carboxylic acid groups (broad SMARTS) is 1. The second-order valence-electron chi connectivity index (χ2n) is 7.04. The number of H-pyrrole nitrogens is 1. The van der Waals surface area contributed by atoms with Crippen molar-refractivity contribution in [1.29, 1.82) is 0 Å². The third-order valence-corrected chi connectivity index (χ3v) is 4.22. The predicted molar refractivity (Wildman–Crippen MR) is 107 cm³/mol. The van der Waals surface area contributed by atoms with Gasteiger partial charge in [0.25, 0.3) is 5.56 Å². The summed E-state index contributed by atoms with van der Waals surface area (Å²) in [6, 6.07) is 6.23. The Labute approximate surface area is 166 Å². The molecule has 0 spiro atoms. The molecule has 2 heterocycles. The molecular weight excluding hydrogens is 374 g/mol. The molecule has 2 aromatic heterocycles. The number of para-hydroxylation sites is 1. The number of benzene rings is 1. The predicted octanol–water partition coefficient (Wildman–Crippen LogP) is 4.02. The highest BCUT2D eigenvalue weighted by molar-refractivity contribution is 5.89. The Balaban J connectivity index is 1.97. The third kappa shape index (κ3) is 4.23. The molecule has 0 aliphatic carbocycles. The van der Waals surface area contributed by atoms with E-state index in [4.69, 9.17) is 5.11 Å². The maximum Gasteiger partial charge on any atom is 0.337 e. The fraction of sp³-hybridized carbons (Fsp3) is 0.250. The van der Waals surface area contributed by atoms with Gasteiger partial charge in [0.2, 0.25) is 0 Å². The third-order valence-electron chi connectivity index (χ3n) is 4.22. The van der Waals surface area contributed by atoms with Crippen LogP contribution in [0.5, 0.6) is 5.75 Å². The minimum absolute atomic E-state index is 0.00239. The lowest BCUT2D eigenvalue weighted by Gasteiger charge is -2.07. The number of azo groups is 1. The molecule has 0 fully saturated rings. The average molecular weight is 395 g/mol. The molecule has 0 bridgehead atoms. The van der Waals surface area contributed by atoms with E-state index in [1.54, 1.807) is 25.1 Å². The number of aromatic nitrogens is 3. The lowest BCUT2D eigenvalue weighted by atomic mass is 10.0. The van der Waals surface area contributed by atoms with Gasteiger partial charge in [0.15, 0.2) is 11.4 Å². The number of aromatic amines is 1. The van der Waals surface area contributed by atoms with Gasteiger partial charge in [-0.15, -0.1) is 10.2 Å². The first-order valence-corrected chi connectivity index (χ1v) is 8.99. The van der Waals surface area contributed by atoms with E-state index in [1.807, 2.05) is 13.8 Å². The van der Waals surface area contributed by atoms with E-state index in [0.29, 0.717) is 23.4 Å². The normalized spacial score (nSPS) is 11.4. The summed E-state index contributed by atoms with van der Waals surface area (Å²) in [5, 5.41) is 30.8. The van der Waals surface area contributed by atoms with Crippen LogP contribution in [-0.2, 0) is 6.54 Å². The molecule has 0 atom stereocenters. The van der Waals surface area contributed by atoms with Crippen molar-refractivity contribution >= 4 is 17.3 Å². The second kappa shape index (κ2) is 8.09. The summed E-state index contributed by atoms with van der Waals surface area (Å²) in [6.07, 6.45) is 2.67. The van der Waals surface area contributed by atoms with Crippen LogP contribution in [0.25, 0.3) is 11.1 Å². The first-order valence-electron chi connectivity index (χ1n) is 8.99. The number of pyridine rings is 1. The minimum atomic E-state index is -1.12. The molecule has 9 heteroatoms. The Morgan fingerprint density at radius 3 is 2.72 bits per heavy atom. The molecule has 0 aliphatic heterocycles. The van der Waals surface area contributed by atoms with Crippen LogP contribution in [0.1, 0.15) is 29.9 Å². The first kappa shape index (κ1) is 20.0. The van der Waals surface area contributed by atoms with Gasteiger partial charge in [0.1, 0.15) is 5.69 Å². The molecule has 29 heavy (non-hydrogen) atoms. The Morgan fingerprint density at radius 2 is 2.03 bits per heavy atom. The van der Waals surface area contributed by atoms with Crippen LogP contribution < -0.4 is 5.56 Å². The lowest BCUT2D eigenvalue weighted by Crippen LogP contribution is -2.19. The van der Waals surface area contributed by atoms with Crippen LogP contribution in [0.4, 0.5) is 11.4 Å². The van der Waals surface area contributed by atoms with Gasteiger partial charge in [0.05, 0.1) is 11.3 Å². The average Bonchev–Trinajstić information content (AvgIpc) is 2.93. The van der Waals surface area contributed by atoms with E-state index < -0.39 is 5.97 Å². The smallest absolute Gasteiger partial charge is 0.337 e. The highest BCUT2D eigenvalue weighted by atomic mass is 16.4. The van der Waals surface area contributed by atoms with Crippen LogP contribution in [-0.4, -0.2) is 30.9 Å². The summed E-state index contributed by atoms with van der Waals surface area (Å²) < 4.78 is 1.48. The van der Waals surface area contributed by atoms with Crippen molar-refractivity contribution in [2.45, 2.75) is 27.3 Å². The Bertz CT molecular complexity index is 1140. The molecule has 0 saturated carbocycles. The summed E-state index contributed by atoms with van der Waals surface area (Å²) in [7, 11) is 0. The minimum Gasteiger partial charge on any atom is -0.505 e. The lowest BCUT2D eigenvalue weighted by molar-refractivity contribution is 0.0696. The standard InChI is InChI=1S/C20H21N5O4/c1-11(2)10-25-19(27)17(12(3)24-25)23-22-16-6-4-5-15(18(16)26)13-7-14(20(28)29)9-21-8-13/h4-9,11,24,26H,10H2,1-3H3,(H,28,29). The zero-order valence-electron chi connectivity index (χ0n) is 16.2. The fourth-order valence-corrected chi connectivity index (χ4v) is 2.86. The van der Waals surface area contributed by atoms with Crippen molar-refractivity contribution in [2.75, 3.05) is 0 Å². The number of carboxylic acids is 1. The molecule has 0 saturated heterocycles. The molecule has 3 rings (SSSR count). The number of hydrogen-bond acceptors (Lipinski definition) is 6. The monoisotopic (exact) mass is 395 g/mol. The van der Waals surface area contributed by atoms with Gasteiger partial charge < -0.3 is 10.2 Å². The van der Waals surface area contributed by atoms with Crippen molar-refractivity contribution in [2.24, 2.45) is 16.1 Å². The van der Waals surface area contributed by atoms with Crippen molar-refractivity contribution in [1.82, 2.24) is 14.8 Å². The zero-order valence-corrected chi connectivity index (χ0v) is 16.2. The maximum atomic E-state index is 12.5. The van der Waals surface area contributed by atoms with Crippen molar-refractivity contribution < 1.29 is 15.0 Å². The summed E-state index contributed by atoms with van der Waals surface area (Å²) in [5.74, 6) is -1.02. The van der Waals surface area contributed by atoms with Crippen molar-refractivity contribution in [3.63, 3.8) is 0 Å². The van der Waals surface area contributed by atoms with Gasteiger partial charge in [-0.3, -0.25) is 19.6 Å². The highest BCUT2D eigenvalue weighted by Gasteiger charge is 2.14. The second-order valence-corrected chi connectivity index (χ2v) is 7.04. The van der Waals surface area contributed by atoms with E-state index in [9.17, 15) is 14.7 Å². The van der Waals surface area contributed by atoms with Crippen LogP contribution in [0.2, 0.25) is 0 Å². The van der Waals surface area contributed by atoms with E-state index in [2.05, 4.69) is 20.3 Å². The van der Waals surface area contributed by atoms with E-state index >= 15 is 0 Å². The fourth-order valence-electron chi connectivity index (χ4n) is 2.86. The van der Waals surface area contributed by atoms with Crippen molar-refractivity contribution in [3.05, 3.63) is 58.3 Å². The zero-order chi connectivity index (χ0) is 21.1. The SMILES string of the molecule is Cc1[nH]n(CC(C)C)c(=O)c1N=Nc1cccc(-c2cncc(C(=O)O)c2)c1O. The van der Waals surface area contributed by atoms with Gasteiger partial charge in [0, 0.05) is 30.1 Å². The maximum absolute atomic E-state index is 12.5. The molecule has 9 nitrogen and oxygen atoms in total. The molecule has 0 aliphatic rings. The van der Waals surface area contributed by atoms with Gasteiger partial charge in [-0.25, -0.2) is 4.79 Å². The molecular formula is C20H21N5O4. The number of carbonyl (C=O) groups is 1. The number of phenolic OH excluding ortho intramolecular Hbond substituents is 1. The van der Waals surface area contributed by atoms with E-state index in [-0.39, 0.29) is 34.2 Å². The Morgan fingerprint density at radius 1 is 1.28 bits per heavy atom. The topological polar surface area (TPSA) is 133 Å². The van der Waals surface area contributed by atoms with Crippen LogP contribution in [0.15, 0.2) is 51.7 Å². The highest BCUT2D eigenvalue weighted by Crippen LogP contribution is 2.37. The Hall–Kier alpha value is -3.75. The number of aromatic carboxylic acids is 1. The molecule has 150 valence electrons. The molecule has 1 aromatic carbocycles. The van der Waals surface area contributed by atoms with Crippen LogP contribution >= 0.6 is 0 Å². The van der Waals surface area contributed by atoms with Gasteiger partial charge >= 0.3 is 5.97 Å². The number of aromatic hydroxyl groups is 1. The van der Waals surface area contributed by atoms with Crippen LogP contribution in [0.3, 0.4) is 0 Å². The quantitative estimate of drug-likeness (QED) is 0.542. The summed E-state index contributed by atoms with van der Waals surface area (Å²) in [5.41, 5.74) is 1.41. The number of aryl methyl sites for hydroxylation is 1. The number of hydrogen-bond donors (Lipinski definition) is 3. The van der Waals surface area contributed by atoms with E-state index in [1.165, 1.54) is 23.1 Å². The Kier molecular flexibility index (Phi) is 5.58. The van der Waals surface area contributed by atoms with E-state index in [0.717, 1.165) is 0 Å². The van der Waals surface area contributed by atoms with Gasteiger partial charge in [-0.2, -0.15) is 0 Å². The summed E-state index contributed by atoms with van der Waals surface area (Å²) >= 11 is 0. The number of phenols is 1. The molecule has 3 N–H and O–H groups in total. The molecule has 3 aromatic rings. The van der Waals surface area contributed by atoms with Crippen LogP contribution in [0, 0.1) is 12.8 Å². The number of rotatable bonds is 6. The van der Waals surface area contributed by atoms with Crippen molar-refractivity contribution in [3.8, 4) is 16.9 Å². The first-order chi connectivity index (χ1) is 13.8. The summed E-state index contributed by atoms with van der Waals surface area (Å²) in [6.45, 7) is 6.26. The summed E-state index contributed by atoms with van der Waals surface area (Å²) in [4.78, 5) is 27.5. The molecule has 0 amide bonds. The molecule has 0 unspecified atom stereocenters. The number of nitrogens with zero attached hydrogens (tertiary/aromatic N) is 4. The van der Waals surface area contributed by atoms with Gasteiger partial charge in [-0.05, 0) is 25.0 Å².